The number of carbonyl (C=O) groups excluding carboxylic acids is 2. The van der Waals surface area contributed by atoms with Crippen molar-refractivity contribution in [2.75, 3.05) is 16.8 Å². The Kier molecular flexibility index (Phi) is 5.08. The van der Waals surface area contributed by atoms with Crippen LogP contribution in [0.2, 0.25) is 0 Å². The van der Waals surface area contributed by atoms with E-state index in [2.05, 4.69) is 5.32 Å². The number of furan rings is 1. The van der Waals surface area contributed by atoms with E-state index in [1.54, 1.807) is 41.3 Å². The van der Waals surface area contributed by atoms with E-state index < -0.39 is 0 Å². The maximum Gasteiger partial charge on any atom is 0.293 e. The Morgan fingerprint density at radius 2 is 1.90 bits per heavy atom. The van der Waals surface area contributed by atoms with Gasteiger partial charge in [0.25, 0.3) is 11.8 Å². The molecule has 1 N–H and O–H groups in total. The second kappa shape index (κ2) is 7.83. The van der Waals surface area contributed by atoms with E-state index >= 15 is 0 Å². The van der Waals surface area contributed by atoms with Crippen molar-refractivity contribution >= 4 is 23.2 Å². The molecule has 1 aliphatic heterocycles. The van der Waals surface area contributed by atoms with Crippen LogP contribution in [0.5, 0.6) is 5.75 Å². The molecule has 3 aromatic rings. The minimum absolute atomic E-state index is 0.0768. The van der Waals surface area contributed by atoms with Crippen molar-refractivity contribution in [2.24, 2.45) is 0 Å². The topological polar surface area (TPSA) is 71.8 Å². The summed E-state index contributed by atoms with van der Waals surface area (Å²) in [6, 6.07) is 16.0. The normalized spacial score (nSPS) is 12.7. The van der Waals surface area contributed by atoms with Crippen molar-refractivity contribution in [3.05, 3.63) is 77.7 Å². The number of carbonyl (C=O) groups is 2. The Bertz CT molecular complexity index is 1020. The number of amides is 2. The molecule has 148 valence electrons. The molecule has 0 unspecified atom stereocenters. The molecule has 2 amide bonds. The number of ether oxygens (including phenoxy) is 1. The molecule has 29 heavy (non-hydrogen) atoms. The van der Waals surface area contributed by atoms with Crippen LogP contribution in [-0.2, 0) is 6.42 Å². The molecule has 6 nitrogen and oxygen atoms in total. The van der Waals surface area contributed by atoms with Crippen LogP contribution in [0.3, 0.4) is 0 Å². The van der Waals surface area contributed by atoms with Gasteiger partial charge in [-0.1, -0.05) is 6.07 Å². The molecule has 6 heteroatoms. The van der Waals surface area contributed by atoms with E-state index in [4.69, 9.17) is 9.15 Å². The summed E-state index contributed by atoms with van der Waals surface area (Å²) in [4.78, 5) is 27.0. The van der Waals surface area contributed by atoms with Gasteiger partial charge in [0.2, 0.25) is 0 Å². The van der Waals surface area contributed by atoms with Crippen molar-refractivity contribution in [3.63, 3.8) is 0 Å². The molecule has 0 saturated heterocycles. The Hall–Kier alpha value is -3.54. The third-order valence-corrected chi connectivity index (χ3v) is 4.70. The summed E-state index contributed by atoms with van der Waals surface area (Å²) in [7, 11) is 0. The van der Waals surface area contributed by atoms with Crippen LogP contribution in [0.4, 0.5) is 11.4 Å². The van der Waals surface area contributed by atoms with Crippen molar-refractivity contribution < 1.29 is 18.7 Å². The van der Waals surface area contributed by atoms with Crippen LogP contribution < -0.4 is 15.0 Å². The van der Waals surface area contributed by atoms with Gasteiger partial charge in [0.1, 0.15) is 5.75 Å². The number of benzene rings is 2. The highest BCUT2D eigenvalue weighted by molar-refractivity contribution is 6.07. The highest BCUT2D eigenvalue weighted by Crippen LogP contribution is 2.32. The zero-order chi connectivity index (χ0) is 20.4. The number of hydrogen-bond acceptors (Lipinski definition) is 4. The van der Waals surface area contributed by atoms with Gasteiger partial charge in [-0.15, -0.1) is 0 Å². The van der Waals surface area contributed by atoms with Gasteiger partial charge >= 0.3 is 0 Å². The average Bonchev–Trinajstić information content (AvgIpc) is 3.37. The maximum absolute atomic E-state index is 12.7. The number of nitrogens with one attached hydrogen (secondary N) is 1. The largest absolute Gasteiger partial charge is 0.491 e. The molecule has 2 aromatic carbocycles. The molecular formula is C23H22N2O4. The first-order valence-corrected chi connectivity index (χ1v) is 9.57. The fraction of sp³-hybridized carbons (Fsp3) is 0.217. The van der Waals surface area contributed by atoms with Gasteiger partial charge < -0.3 is 19.4 Å². The number of rotatable bonds is 5. The molecular weight excluding hydrogens is 368 g/mol. The van der Waals surface area contributed by atoms with E-state index in [9.17, 15) is 9.59 Å². The zero-order valence-corrected chi connectivity index (χ0v) is 16.3. The van der Waals surface area contributed by atoms with E-state index in [1.807, 2.05) is 32.0 Å². The highest BCUT2D eigenvalue weighted by Gasteiger charge is 2.27. The van der Waals surface area contributed by atoms with Crippen molar-refractivity contribution in [1.29, 1.82) is 0 Å². The minimum Gasteiger partial charge on any atom is -0.491 e. The summed E-state index contributed by atoms with van der Waals surface area (Å²) in [5.74, 6) is 0.623. The van der Waals surface area contributed by atoms with Gasteiger partial charge in [0.15, 0.2) is 5.76 Å². The van der Waals surface area contributed by atoms with Crippen molar-refractivity contribution in [1.82, 2.24) is 0 Å². The first-order valence-electron chi connectivity index (χ1n) is 9.57. The lowest BCUT2D eigenvalue weighted by Crippen LogP contribution is -2.28. The molecule has 0 radical (unpaired) electrons. The predicted octanol–water partition coefficient (Wildman–Crippen LogP) is 4.52. The maximum atomic E-state index is 12.7. The number of nitrogens with zero attached hydrogens (tertiary/aromatic N) is 1. The van der Waals surface area contributed by atoms with E-state index in [0.717, 1.165) is 23.4 Å². The van der Waals surface area contributed by atoms with Gasteiger partial charge in [-0.2, -0.15) is 0 Å². The highest BCUT2D eigenvalue weighted by atomic mass is 16.5. The molecule has 0 atom stereocenters. The monoisotopic (exact) mass is 390 g/mol. The van der Waals surface area contributed by atoms with Gasteiger partial charge in [0.05, 0.1) is 12.4 Å². The molecule has 0 fully saturated rings. The summed E-state index contributed by atoms with van der Waals surface area (Å²) in [5, 5.41) is 2.90. The quantitative estimate of drug-likeness (QED) is 0.695. The SMILES string of the molecule is CC(C)Oc1ccc(C(=O)Nc2ccc3c(c2)N(C(=O)c2ccco2)CC3)cc1. The molecule has 1 aliphatic rings. The minimum atomic E-state index is -0.219. The molecule has 0 spiro atoms. The van der Waals surface area contributed by atoms with Crippen LogP contribution >= 0.6 is 0 Å². The number of fused-ring (bicyclic) bond motifs is 1. The standard InChI is InChI=1S/C23H22N2O4/c1-15(2)29-19-9-6-17(7-10-19)22(26)24-18-8-5-16-11-12-25(20(16)14-18)23(27)21-4-3-13-28-21/h3-10,13-15H,11-12H2,1-2H3,(H,24,26). The first-order chi connectivity index (χ1) is 14.0. The van der Waals surface area contributed by atoms with Crippen molar-refractivity contribution in [2.45, 2.75) is 26.4 Å². The van der Waals surface area contributed by atoms with Crippen LogP contribution in [0.15, 0.2) is 65.3 Å². The lowest BCUT2D eigenvalue weighted by molar-refractivity contribution is 0.0962. The summed E-state index contributed by atoms with van der Waals surface area (Å²) in [6.07, 6.45) is 2.33. The molecule has 2 heterocycles. The van der Waals surface area contributed by atoms with E-state index in [-0.39, 0.29) is 17.9 Å². The second-order valence-corrected chi connectivity index (χ2v) is 7.17. The summed E-state index contributed by atoms with van der Waals surface area (Å²) in [5.41, 5.74) is 3.03. The smallest absolute Gasteiger partial charge is 0.293 e. The summed E-state index contributed by atoms with van der Waals surface area (Å²) >= 11 is 0. The van der Waals surface area contributed by atoms with Gasteiger partial charge in [-0.3, -0.25) is 9.59 Å². The zero-order valence-electron chi connectivity index (χ0n) is 16.3. The lowest BCUT2D eigenvalue weighted by Gasteiger charge is -2.17. The van der Waals surface area contributed by atoms with Gasteiger partial charge in [-0.05, 0) is 74.4 Å². The van der Waals surface area contributed by atoms with Crippen LogP contribution in [0, 0.1) is 0 Å². The lowest BCUT2D eigenvalue weighted by atomic mass is 10.1. The first kappa shape index (κ1) is 18.8. The van der Waals surface area contributed by atoms with Crippen molar-refractivity contribution in [3.8, 4) is 5.75 Å². The fourth-order valence-corrected chi connectivity index (χ4v) is 3.36. The number of hydrogen-bond donors (Lipinski definition) is 1. The van der Waals surface area contributed by atoms with Gasteiger partial charge in [-0.25, -0.2) is 0 Å². The third-order valence-electron chi connectivity index (χ3n) is 4.70. The second-order valence-electron chi connectivity index (χ2n) is 7.17. The average molecular weight is 390 g/mol. The van der Waals surface area contributed by atoms with Crippen LogP contribution in [0.25, 0.3) is 0 Å². The van der Waals surface area contributed by atoms with E-state index in [0.29, 0.717) is 23.6 Å². The Labute approximate surface area is 169 Å². The summed E-state index contributed by atoms with van der Waals surface area (Å²) in [6.45, 7) is 4.49. The fourth-order valence-electron chi connectivity index (χ4n) is 3.36. The summed E-state index contributed by atoms with van der Waals surface area (Å²) < 4.78 is 10.8. The molecule has 0 aliphatic carbocycles. The van der Waals surface area contributed by atoms with Crippen LogP contribution in [0.1, 0.15) is 40.3 Å². The number of anilines is 2. The van der Waals surface area contributed by atoms with Gasteiger partial charge in [0, 0.05) is 23.5 Å². The Morgan fingerprint density at radius 1 is 1.10 bits per heavy atom. The molecule has 1 aromatic heterocycles. The predicted molar refractivity (Wildman–Crippen MR) is 111 cm³/mol. The Balaban J connectivity index is 1.50. The Morgan fingerprint density at radius 3 is 2.59 bits per heavy atom. The molecule has 0 bridgehead atoms. The molecule has 0 saturated carbocycles. The van der Waals surface area contributed by atoms with E-state index in [1.165, 1.54) is 6.26 Å². The third kappa shape index (κ3) is 4.01. The van der Waals surface area contributed by atoms with Crippen LogP contribution in [-0.4, -0.2) is 24.5 Å². The molecule has 4 rings (SSSR count).